The van der Waals surface area contributed by atoms with Crippen LogP contribution in [0.2, 0.25) is 0 Å². The molecule has 1 amide bonds. The fourth-order valence-corrected chi connectivity index (χ4v) is 4.86. The van der Waals surface area contributed by atoms with E-state index in [1.807, 2.05) is 6.07 Å². The van der Waals surface area contributed by atoms with Gasteiger partial charge in [-0.05, 0) is 49.4 Å². The van der Waals surface area contributed by atoms with Crippen LogP contribution in [-0.4, -0.2) is 29.8 Å². The average molecular weight is 558 g/mol. The number of carbonyl (C=O) groups is 1. The van der Waals surface area contributed by atoms with Crippen LogP contribution in [0.5, 0.6) is 0 Å². The van der Waals surface area contributed by atoms with Gasteiger partial charge in [0.2, 0.25) is 0 Å². The summed E-state index contributed by atoms with van der Waals surface area (Å²) in [6, 6.07) is 20.3. The second kappa shape index (κ2) is 9.37. The van der Waals surface area contributed by atoms with Crippen LogP contribution in [0.15, 0.2) is 83.7 Å². The molecule has 12 heteroatoms. The van der Waals surface area contributed by atoms with Crippen LogP contribution in [0.4, 0.5) is 24.7 Å². The Morgan fingerprint density at radius 2 is 1.54 bits per heavy atom. The third-order valence-electron chi connectivity index (χ3n) is 6.95. The molecule has 0 fully saturated rings. The number of aromatic nitrogens is 5. The van der Waals surface area contributed by atoms with Crippen LogP contribution in [0.3, 0.4) is 0 Å². The minimum absolute atomic E-state index is 0.0227. The Kier molecular flexibility index (Phi) is 5.91. The summed E-state index contributed by atoms with van der Waals surface area (Å²) in [5, 5.41) is 2.67. The third kappa shape index (κ3) is 4.20. The van der Waals surface area contributed by atoms with E-state index in [0.717, 1.165) is 12.1 Å². The summed E-state index contributed by atoms with van der Waals surface area (Å²) in [5.41, 5.74) is 7.23. The van der Waals surface area contributed by atoms with Crippen molar-refractivity contribution in [3.8, 4) is 11.4 Å². The zero-order valence-corrected chi connectivity index (χ0v) is 21.8. The van der Waals surface area contributed by atoms with Gasteiger partial charge in [-0.3, -0.25) is 18.8 Å². The molecule has 0 aliphatic heterocycles. The molecule has 3 N–H and O–H groups in total. The van der Waals surface area contributed by atoms with Gasteiger partial charge in [0.1, 0.15) is 22.6 Å². The van der Waals surface area contributed by atoms with Gasteiger partial charge in [0.15, 0.2) is 5.65 Å². The van der Waals surface area contributed by atoms with Gasteiger partial charge in [-0.2, -0.15) is 13.2 Å². The van der Waals surface area contributed by atoms with Gasteiger partial charge in [-0.15, -0.1) is 0 Å². The van der Waals surface area contributed by atoms with Gasteiger partial charge in [0.05, 0.1) is 28.0 Å². The molecule has 3 aromatic carbocycles. The minimum Gasteiger partial charge on any atom is -0.384 e. The molecule has 3 aromatic heterocycles. The van der Waals surface area contributed by atoms with Gasteiger partial charge in [0, 0.05) is 12.7 Å². The molecular weight excluding hydrogens is 535 g/mol. The Labute approximate surface area is 230 Å². The van der Waals surface area contributed by atoms with Gasteiger partial charge in [-0.25, -0.2) is 14.6 Å². The van der Waals surface area contributed by atoms with Crippen LogP contribution >= 0.6 is 0 Å². The van der Waals surface area contributed by atoms with Gasteiger partial charge >= 0.3 is 6.18 Å². The number of para-hydroxylation sites is 3. The number of halogens is 3. The molecule has 0 spiro atoms. The summed E-state index contributed by atoms with van der Waals surface area (Å²) < 4.78 is 44.9. The van der Waals surface area contributed by atoms with Crippen molar-refractivity contribution >= 4 is 39.6 Å². The van der Waals surface area contributed by atoms with E-state index in [0.29, 0.717) is 22.4 Å². The lowest BCUT2D eigenvalue weighted by atomic mass is 10.2. The summed E-state index contributed by atoms with van der Waals surface area (Å²) in [4.78, 5) is 36.4. The van der Waals surface area contributed by atoms with Crippen molar-refractivity contribution < 1.29 is 18.0 Å². The molecule has 6 aromatic rings. The quantitative estimate of drug-likeness (QED) is 0.309. The fraction of sp³-hybridized carbons (Fsp3) is 0.103. The molecule has 0 aliphatic rings. The third-order valence-corrected chi connectivity index (χ3v) is 6.95. The highest BCUT2D eigenvalue weighted by molar-refractivity contribution is 6.16. The molecular formula is C29H22F3N7O2. The fourth-order valence-electron chi connectivity index (χ4n) is 4.86. The molecule has 6 rings (SSSR count). The number of nitrogen functional groups attached to an aromatic ring is 1. The van der Waals surface area contributed by atoms with Crippen molar-refractivity contribution in [2.24, 2.45) is 7.05 Å². The smallest absolute Gasteiger partial charge is 0.384 e. The summed E-state index contributed by atoms with van der Waals surface area (Å²) >= 11 is 0. The number of hydrogen-bond donors (Lipinski definition) is 2. The van der Waals surface area contributed by atoms with Crippen molar-refractivity contribution in [3.63, 3.8) is 0 Å². The number of rotatable bonds is 4. The molecule has 0 saturated heterocycles. The summed E-state index contributed by atoms with van der Waals surface area (Å²) in [6.07, 6.45) is -4.60. The Balaban J connectivity index is 1.54. The zero-order chi connectivity index (χ0) is 29.1. The number of nitrogens with two attached hydrogens (primary N) is 1. The first-order chi connectivity index (χ1) is 19.6. The normalized spacial score (nSPS) is 11.8. The maximum atomic E-state index is 13.8. The number of benzene rings is 3. The monoisotopic (exact) mass is 557 g/mol. The lowest BCUT2D eigenvalue weighted by Crippen LogP contribution is -2.23. The Morgan fingerprint density at radius 3 is 2.22 bits per heavy atom. The van der Waals surface area contributed by atoms with E-state index in [9.17, 15) is 22.8 Å². The van der Waals surface area contributed by atoms with Crippen LogP contribution in [0.25, 0.3) is 33.6 Å². The predicted octanol–water partition coefficient (Wildman–Crippen LogP) is 5.22. The molecule has 0 unspecified atom stereocenters. The number of hydrogen-bond acceptors (Lipinski definition) is 5. The average Bonchev–Trinajstić information content (AvgIpc) is 3.35. The van der Waals surface area contributed by atoms with Gasteiger partial charge < -0.3 is 11.1 Å². The van der Waals surface area contributed by atoms with Crippen molar-refractivity contribution in [2.45, 2.75) is 13.1 Å². The Hall–Kier alpha value is -5.39. The molecule has 41 heavy (non-hydrogen) atoms. The summed E-state index contributed by atoms with van der Waals surface area (Å²) in [7, 11) is 1.69. The predicted molar refractivity (Wildman–Crippen MR) is 149 cm³/mol. The van der Waals surface area contributed by atoms with E-state index in [4.69, 9.17) is 5.73 Å². The largest absolute Gasteiger partial charge is 0.416 e. The first-order valence-electron chi connectivity index (χ1n) is 12.5. The van der Waals surface area contributed by atoms with Gasteiger partial charge in [0.25, 0.3) is 11.5 Å². The number of nitrogens with zero attached hydrogens (tertiary/aromatic N) is 5. The second-order valence-electron chi connectivity index (χ2n) is 9.42. The summed E-state index contributed by atoms with van der Waals surface area (Å²) in [5.74, 6) is -0.932. The van der Waals surface area contributed by atoms with E-state index >= 15 is 0 Å². The van der Waals surface area contributed by atoms with Crippen LogP contribution < -0.4 is 16.6 Å². The number of anilines is 2. The van der Waals surface area contributed by atoms with Crippen LogP contribution in [-0.2, 0) is 13.2 Å². The zero-order valence-electron chi connectivity index (χ0n) is 21.8. The first-order valence-corrected chi connectivity index (χ1v) is 12.5. The number of fused-ring (bicyclic) bond motifs is 2. The molecule has 0 radical (unpaired) electrons. The molecule has 3 heterocycles. The molecule has 9 nitrogen and oxygen atoms in total. The standard InChI is InChI=1S/C29H22F3N7O2/c1-16-23(28(41)39(37(16)2)18-10-4-3-5-11-18)36-27(40)22-24-26(35-21-14-7-6-13-20(21)34-24)38(25(22)33)19-12-8-9-17(15-19)29(30,31)32/h3-15H,33H2,1-2H3,(H,36,40). The van der Waals surface area contributed by atoms with E-state index in [1.165, 1.54) is 21.4 Å². The van der Waals surface area contributed by atoms with E-state index < -0.39 is 23.2 Å². The van der Waals surface area contributed by atoms with Crippen LogP contribution in [0, 0.1) is 6.92 Å². The number of nitrogens with one attached hydrogen (secondary N) is 1. The van der Waals surface area contributed by atoms with Crippen molar-refractivity contribution in [1.82, 2.24) is 23.9 Å². The maximum absolute atomic E-state index is 13.8. The lowest BCUT2D eigenvalue weighted by Gasteiger charge is -2.12. The van der Waals surface area contributed by atoms with Crippen molar-refractivity contribution in [3.05, 3.63) is 106 Å². The first kappa shape index (κ1) is 25.9. The molecule has 0 saturated carbocycles. The highest BCUT2D eigenvalue weighted by Gasteiger charge is 2.32. The SMILES string of the molecule is Cc1c(NC(=O)c2c(N)n(-c3cccc(C(F)(F)F)c3)c3nc4ccccc4nc23)c(=O)n(-c2ccccc2)n1C. The number of alkyl halides is 3. The van der Waals surface area contributed by atoms with Gasteiger partial charge in [-0.1, -0.05) is 36.4 Å². The molecule has 206 valence electrons. The van der Waals surface area contributed by atoms with Crippen molar-refractivity contribution in [1.29, 1.82) is 0 Å². The molecule has 0 bridgehead atoms. The van der Waals surface area contributed by atoms with E-state index in [-0.39, 0.29) is 33.9 Å². The highest BCUT2D eigenvalue weighted by Crippen LogP contribution is 2.35. The molecule has 0 atom stereocenters. The molecule has 0 aliphatic carbocycles. The van der Waals surface area contributed by atoms with E-state index in [1.54, 1.807) is 67.2 Å². The highest BCUT2D eigenvalue weighted by atomic mass is 19.4. The van der Waals surface area contributed by atoms with E-state index in [2.05, 4.69) is 15.3 Å². The topological polar surface area (TPSA) is 113 Å². The van der Waals surface area contributed by atoms with Crippen molar-refractivity contribution in [2.75, 3.05) is 11.1 Å². The lowest BCUT2D eigenvalue weighted by molar-refractivity contribution is -0.137. The number of amides is 1. The second-order valence-corrected chi connectivity index (χ2v) is 9.42. The summed E-state index contributed by atoms with van der Waals surface area (Å²) in [6.45, 7) is 1.68. The van der Waals surface area contributed by atoms with Crippen LogP contribution in [0.1, 0.15) is 21.6 Å². The number of carbonyl (C=O) groups excluding carboxylic acids is 1. The maximum Gasteiger partial charge on any atom is 0.416 e. The Morgan fingerprint density at radius 1 is 0.902 bits per heavy atom. The Bertz CT molecular complexity index is 2040. The minimum atomic E-state index is -4.60.